The Morgan fingerprint density at radius 1 is 1.44 bits per heavy atom. The molecule has 2 aromatic heterocycles. The summed E-state index contributed by atoms with van der Waals surface area (Å²) in [6, 6.07) is 3.27. The number of likely N-dealkylation sites (tertiary alicyclic amines) is 1. The second-order valence-electron chi connectivity index (χ2n) is 6.79. The molecule has 0 bridgehead atoms. The summed E-state index contributed by atoms with van der Waals surface area (Å²) >= 11 is 0. The summed E-state index contributed by atoms with van der Waals surface area (Å²) in [5, 5.41) is 0. The number of pyridine rings is 1. The number of rotatable bonds is 5. The Labute approximate surface area is 147 Å². The van der Waals surface area contributed by atoms with Crippen LogP contribution in [-0.2, 0) is 6.54 Å². The Balaban J connectivity index is 1.74. The van der Waals surface area contributed by atoms with Crippen LogP contribution in [0, 0.1) is 0 Å². The van der Waals surface area contributed by atoms with Crippen molar-refractivity contribution in [3.05, 3.63) is 52.5 Å². The minimum absolute atomic E-state index is 0.196. The monoisotopic (exact) mass is 343 g/mol. The molecule has 0 aliphatic carbocycles. The van der Waals surface area contributed by atoms with Crippen molar-refractivity contribution in [3.63, 3.8) is 0 Å². The molecule has 0 saturated carbocycles. The lowest BCUT2D eigenvalue weighted by Crippen LogP contribution is -2.41. The molecule has 2 aromatic rings. The highest BCUT2D eigenvalue weighted by molar-refractivity contribution is 5.93. The average Bonchev–Trinajstić information content (AvgIpc) is 3.08. The van der Waals surface area contributed by atoms with Crippen LogP contribution in [0.15, 0.2) is 35.5 Å². The van der Waals surface area contributed by atoms with E-state index in [9.17, 15) is 9.59 Å². The number of amides is 1. The molecule has 0 radical (unpaired) electrons. The Hall–Kier alpha value is -2.41. The first-order valence-corrected chi connectivity index (χ1v) is 8.69. The highest BCUT2D eigenvalue weighted by Gasteiger charge is 2.28. The van der Waals surface area contributed by atoms with Crippen LogP contribution in [0.4, 0.5) is 0 Å². The van der Waals surface area contributed by atoms with Gasteiger partial charge in [-0.1, -0.05) is 0 Å². The van der Waals surface area contributed by atoms with Crippen LogP contribution < -0.4 is 5.56 Å². The number of aromatic nitrogens is 3. The summed E-state index contributed by atoms with van der Waals surface area (Å²) in [5.74, 6) is 1.04. The van der Waals surface area contributed by atoms with Gasteiger partial charge in [0.1, 0.15) is 11.4 Å². The minimum atomic E-state index is -0.331. The molecule has 25 heavy (non-hydrogen) atoms. The minimum Gasteiger partial charge on any atom is -0.338 e. The van der Waals surface area contributed by atoms with Gasteiger partial charge in [-0.2, -0.15) is 0 Å². The number of likely N-dealkylation sites (N-methyl/N-ethyl adjacent to an activating group) is 1. The lowest BCUT2D eigenvalue weighted by molar-refractivity contribution is 0.0701. The second kappa shape index (κ2) is 7.65. The van der Waals surface area contributed by atoms with E-state index in [-0.39, 0.29) is 22.9 Å². The zero-order valence-corrected chi connectivity index (χ0v) is 14.8. The SMILES string of the molecule is CN(C)CCn1ccnc1[C@@H]1CCCN(C(=O)c2ccc[nH]c2=O)C1. The molecule has 1 amide bonds. The van der Waals surface area contributed by atoms with Crippen LogP contribution in [0.1, 0.15) is 34.9 Å². The number of imidazole rings is 1. The predicted octanol–water partition coefficient (Wildman–Crippen LogP) is 1.15. The van der Waals surface area contributed by atoms with Crippen molar-refractivity contribution >= 4 is 5.91 Å². The van der Waals surface area contributed by atoms with Gasteiger partial charge in [-0.3, -0.25) is 9.59 Å². The number of piperidine rings is 1. The van der Waals surface area contributed by atoms with E-state index < -0.39 is 0 Å². The Morgan fingerprint density at radius 2 is 2.28 bits per heavy atom. The van der Waals surface area contributed by atoms with Crippen molar-refractivity contribution < 1.29 is 4.79 Å². The molecule has 1 fully saturated rings. The number of aromatic amines is 1. The van der Waals surface area contributed by atoms with E-state index in [0.29, 0.717) is 13.1 Å². The molecule has 0 unspecified atom stereocenters. The number of H-pyrrole nitrogens is 1. The van der Waals surface area contributed by atoms with Crippen LogP contribution >= 0.6 is 0 Å². The highest BCUT2D eigenvalue weighted by Crippen LogP contribution is 2.26. The van der Waals surface area contributed by atoms with Crippen LogP contribution in [0.25, 0.3) is 0 Å². The van der Waals surface area contributed by atoms with Gasteiger partial charge in [-0.15, -0.1) is 0 Å². The van der Waals surface area contributed by atoms with Gasteiger partial charge in [0.15, 0.2) is 0 Å². The largest absolute Gasteiger partial charge is 0.338 e. The fourth-order valence-electron chi connectivity index (χ4n) is 3.31. The zero-order chi connectivity index (χ0) is 17.8. The Bertz CT molecular complexity index is 780. The molecular formula is C18H25N5O2. The third kappa shape index (κ3) is 3.99. The quantitative estimate of drug-likeness (QED) is 0.884. The lowest BCUT2D eigenvalue weighted by atomic mass is 9.96. The van der Waals surface area contributed by atoms with Crippen LogP contribution in [0.5, 0.6) is 0 Å². The zero-order valence-electron chi connectivity index (χ0n) is 14.8. The van der Waals surface area contributed by atoms with E-state index in [1.807, 2.05) is 12.4 Å². The van der Waals surface area contributed by atoms with Gasteiger partial charge in [-0.05, 0) is 39.1 Å². The van der Waals surface area contributed by atoms with Gasteiger partial charge in [0.05, 0.1) is 0 Å². The standard InChI is InChI=1S/C18H25N5O2/c1-21(2)11-12-22-10-8-19-16(22)14-5-4-9-23(13-14)18(25)15-6-3-7-20-17(15)24/h3,6-8,10,14H,4-5,9,11-13H2,1-2H3,(H,20,24)/t14-/m1/s1. The van der Waals surface area contributed by atoms with Crippen molar-refractivity contribution in [2.75, 3.05) is 33.7 Å². The fraction of sp³-hybridized carbons (Fsp3) is 0.500. The third-order valence-electron chi connectivity index (χ3n) is 4.66. The Kier molecular flexibility index (Phi) is 5.33. The van der Waals surface area contributed by atoms with E-state index >= 15 is 0 Å². The van der Waals surface area contributed by atoms with Crippen molar-refractivity contribution in [1.29, 1.82) is 0 Å². The summed E-state index contributed by atoms with van der Waals surface area (Å²) in [6.45, 7) is 3.11. The summed E-state index contributed by atoms with van der Waals surface area (Å²) < 4.78 is 2.17. The van der Waals surface area contributed by atoms with E-state index in [1.165, 1.54) is 0 Å². The number of carbonyl (C=O) groups excluding carboxylic acids is 1. The van der Waals surface area contributed by atoms with Gasteiger partial charge in [0.2, 0.25) is 0 Å². The summed E-state index contributed by atoms with van der Waals surface area (Å²) in [7, 11) is 4.10. The van der Waals surface area contributed by atoms with Crippen molar-refractivity contribution in [2.45, 2.75) is 25.3 Å². The topological polar surface area (TPSA) is 74.2 Å². The Morgan fingerprint density at radius 3 is 3.04 bits per heavy atom. The van der Waals surface area contributed by atoms with Crippen molar-refractivity contribution in [3.8, 4) is 0 Å². The first-order chi connectivity index (χ1) is 12.1. The molecule has 7 heteroatoms. The van der Waals surface area contributed by atoms with Crippen LogP contribution in [-0.4, -0.2) is 64.0 Å². The lowest BCUT2D eigenvalue weighted by Gasteiger charge is -2.32. The fourth-order valence-corrected chi connectivity index (χ4v) is 3.31. The number of hydrogen-bond donors (Lipinski definition) is 1. The molecule has 3 heterocycles. The molecule has 0 aromatic carbocycles. The number of nitrogens with one attached hydrogen (secondary N) is 1. The average molecular weight is 343 g/mol. The van der Waals surface area contributed by atoms with Gasteiger partial charge in [0.25, 0.3) is 11.5 Å². The molecule has 7 nitrogen and oxygen atoms in total. The van der Waals surface area contributed by atoms with Crippen molar-refractivity contribution in [1.82, 2.24) is 24.3 Å². The summed E-state index contributed by atoms with van der Waals surface area (Å²) in [4.78, 5) is 35.6. The number of hydrogen-bond acceptors (Lipinski definition) is 4. The van der Waals surface area contributed by atoms with Gasteiger partial charge >= 0.3 is 0 Å². The maximum Gasteiger partial charge on any atom is 0.260 e. The molecule has 1 N–H and O–H groups in total. The predicted molar refractivity (Wildman–Crippen MR) is 95.7 cm³/mol. The first-order valence-electron chi connectivity index (χ1n) is 8.69. The molecule has 3 rings (SSSR count). The van der Waals surface area contributed by atoms with Gasteiger partial charge < -0.3 is 19.4 Å². The van der Waals surface area contributed by atoms with E-state index in [0.717, 1.165) is 31.8 Å². The van der Waals surface area contributed by atoms with Gasteiger partial charge in [-0.25, -0.2) is 4.98 Å². The van der Waals surface area contributed by atoms with Crippen LogP contribution in [0.2, 0.25) is 0 Å². The molecule has 134 valence electrons. The van der Waals surface area contributed by atoms with E-state index in [1.54, 1.807) is 23.2 Å². The number of carbonyl (C=O) groups is 1. The molecule has 1 aliphatic rings. The highest BCUT2D eigenvalue weighted by atomic mass is 16.2. The first kappa shape index (κ1) is 17.4. The maximum absolute atomic E-state index is 12.7. The normalized spacial score (nSPS) is 17.9. The van der Waals surface area contributed by atoms with E-state index in [2.05, 4.69) is 33.5 Å². The molecule has 0 spiro atoms. The smallest absolute Gasteiger partial charge is 0.260 e. The van der Waals surface area contributed by atoms with Gasteiger partial charge in [0, 0.05) is 50.7 Å². The molecule has 1 saturated heterocycles. The molecule has 1 aliphatic heterocycles. The molecular weight excluding hydrogens is 318 g/mol. The van der Waals surface area contributed by atoms with E-state index in [4.69, 9.17) is 0 Å². The summed E-state index contributed by atoms with van der Waals surface area (Å²) in [5.41, 5.74) is -0.124. The molecule has 1 atom stereocenters. The second-order valence-corrected chi connectivity index (χ2v) is 6.79. The third-order valence-corrected chi connectivity index (χ3v) is 4.66. The summed E-state index contributed by atoms with van der Waals surface area (Å²) in [6.07, 6.45) is 7.30. The number of nitrogens with zero attached hydrogens (tertiary/aromatic N) is 4. The maximum atomic E-state index is 12.7. The van der Waals surface area contributed by atoms with Crippen molar-refractivity contribution in [2.24, 2.45) is 0 Å². The van der Waals surface area contributed by atoms with Crippen LogP contribution in [0.3, 0.4) is 0 Å².